The lowest BCUT2D eigenvalue weighted by molar-refractivity contribution is -0.290. The molecule has 0 bridgehead atoms. The Bertz CT molecular complexity index is 533. The minimum absolute atomic E-state index is 0.129. The smallest absolute Gasteiger partial charge is 0.456 e. The normalized spacial score (nSPS) is 19.1. The van der Waals surface area contributed by atoms with E-state index in [0.29, 0.717) is 5.56 Å². The third kappa shape index (κ3) is 3.34. The van der Waals surface area contributed by atoms with Crippen LogP contribution in [0, 0.1) is 0 Å². The fraction of sp³-hybridized carbons (Fsp3) is 0.417. The predicted octanol–water partition coefficient (Wildman–Crippen LogP) is 2.62. The van der Waals surface area contributed by atoms with E-state index in [0.717, 1.165) is 0 Å². The van der Waals surface area contributed by atoms with Gasteiger partial charge in [-0.3, -0.25) is 0 Å². The third-order valence-corrected chi connectivity index (χ3v) is 2.89. The van der Waals surface area contributed by atoms with Crippen LogP contribution in [0.2, 0.25) is 0 Å². The van der Waals surface area contributed by atoms with Crippen molar-refractivity contribution in [3.05, 3.63) is 29.8 Å². The summed E-state index contributed by atoms with van der Waals surface area (Å²) in [6, 6.07) is 4.76. The van der Waals surface area contributed by atoms with Gasteiger partial charge in [-0.05, 0) is 6.07 Å². The number of alkyl halides is 5. The van der Waals surface area contributed by atoms with E-state index in [2.05, 4.69) is 15.4 Å². The number of hydrogen-bond donors (Lipinski definition) is 2. The first-order chi connectivity index (χ1) is 9.71. The molecule has 2 amide bonds. The molecule has 1 aliphatic rings. The quantitative estimate of drug-likeness (QED) is 0.840. The Balaban J connectivity index is 2.12. The maximum Gasteiger partial charge on any atom is 0.456 e. The number of para-hydroxylation sites is 1. The second-order valence-electron chi connectivity index (χ2n) is 4.44. The molecule has 0 spiro atoms. The lowest BCUT2D eigenvalue weighted by Gasteiger charge is -2.21. The van der Waals surface area contributed by atoms with Gasteiger partial charge in [-0.25, -0.2) is 4.79 Å². The number of hydrogen-bond acceptors (Lipinski definition) is 2. The Labute approximate surface area is 116 Å². The molecule has 9 heteroatoms. The van der Waals surface area contributed by atoms with E-state index < -0.39 is 30.8 Å². The Morgan fingerprint density at radius 2 is 1.86 bits per heavy atom. The van der Waals surface area contributed by atoms with Crippen molar-refractivity contribution in [3.63, 3.8) is 0 Å². The number of ether oxygens (including phenoxy) is 1. The average Bonchev–Trinajstić information content (AvgIpc) is 2.82. The lowest BCUT2D eigenvalue weighted by atomic mass is 10.1. The van der Waals surface area contributed by atoms with Gasteiger partial charge in [0.1, 0.15) is 5.75 Å². The lowest BCUT2D eigenvalue weighted by Crippen LogP contribution is -2.41. The van der Waals surface area contributed by atoms with Gasteiger partial charge in [0.05, 0.1) is 6.04 Å². The van der Waals surface area contributed by atoms with Crippen molar-refractivity contribution in [2.75, 3.05) is 13.2 Å². The minimum atomic E-state index is -5.68. The molecule has 0 saturated carbocycles. The van der Waals surface area contributed by atoms with Crippen molar-refractivity contribution in [1.82, 2.24) is 10.6 Å². The molecule has 2 N–H and O–H groups in total. The van der Waals surface area contributed by atoms with E-state index in [-0.39, 0.29) is 12.3 Å². The molecule has 0 radical (unpaired) electrons. The van der Waals surface area contributed by atoms with Crippen molar-refractivity contribution < 1.29 is 31.5 Å². The Kier molecular flexibility index (Phi) is 3.93. The molecule has 1 heterocycles. The number of carbonyl (C=O) groups is 1. The van der Waals surface area contributed by atoms with Gasteiger partial charge in [0.2, 0.25) is 0 Å². The van der Waals surface area contributed by atoms with Crippen LogP contribution in [0.5, 0.6) is 5.75 Å². The molecule has 1 fully saturated rings. The van der Waals surface area contributed by atoms with Crippen LogP contribution in [-0.2, 0) is 0 Å². The highest BCUT2D eigenvalue weighted by molar-refractivity contribution is 5.77. The SMILES string of the molecule is O=C1NCC(c2ccccc2OCC(F)(F)C(F)(F)F)N1. The van der Waals surface area contributed by atoms with Gasteiger partial charge in [0.15, 0.2) is 6.61 Å². The predicted molar refractivity (Wildman–Crippen MR) is 62.2 cm³/mol. The number of benzene rings is 1. The average molecular weight is 310 g/mol. The van der Waals surface area contributed by atoms with E-state index in [9.17, 15) is 26.7 Å². The maximum atomic E-state index is 12.9. The zero-order valence-corrected chi connectivity index (χ0v) is 10.5. The van der Waals surface area contributed by atoms with E-state index >= 15 is 0 Å². The number of carbonyl (C=O) groups excluding carboxylic acids is 1. The first kappa shape index (κ1) is 15.3. The van der Waals surface area contributed by atoms with Gasteiger partial charge >= 0.3 is 18.1 Å². The Hall–Kier alpha value is -2.06. The molecule has 1 aliphatic heterocycles. The van der Waals surface area contributed by atoms with E-state index in [1.165, 1.54) is 18.2 Å². The van der Waals surface area contributed by atoms with Crippen molar-refractivity contribution in [2.45, 2.75) is 18.1 Å². The first-order valence-corrected chi connectivity index (χ1v) is 5.91. The number of amides is 2. The van der Waals surface area contributed by atoms with Crippen molar-refractivity contribution in [2.24, 2.45) is 0 Å². The van der Waals surface area contributed by atoms with Crippen molar-refractivity contribution in [1.29, 1.82) is 0 Å². The van der Waals surface area contributed by atoms with Gasteiger partial charge in [0, 0.05) is 12.1 Å². The van der Waals surface area contributed by atoms with Gasteiger partial charge in [-0.2, -0.15) is 22.0 Å². The fourth-order valence-corrected chi connectivity index (χ4v) is 1.79. The highest BCUT2D eigenvalue weighted by Crippen LogP contribution is 2.36. The largest absolute Gasteiger partial charge is 0.487 e. The third-order valence-electron chi connectivity index (χ3n) is 2.89. The molecule has 4 nitrogen and oxygen atoms in total. The topological polar surface area (TPSA) is 50.4 Å². The fourth-order valence-electron chi connectivity index (χ4n) is 1.79. The summed E-state index contributed by atoms with van der Waals surface area (Å²) in [6.45, 7) is -1.63. The first-order valence-electron chi connectivity index (χ1n) is 5.91. The van der Waals surface area contributed by atoms with Gasteiger partial charge < -0.3 is 15.4 Å². The maximum absolute atomic E-state index is 12.9. The van der Waals surface area contributed by atoms with Crippen LogP contribution in [0.1, 0.15) is 11.6 Å². The van der Waals surface area contributed by atoms with Crippen LogP contribution < -0.4 is 15.4 Å². The highest BCUT2D eigenvalue weighted by Gasteiger charge is 2.58. The molecule has 1 aromatic rings. The summed E-state index contributed by atoms with van der Waals surface area (Å²) in [4.78, 5) is 11.1. The Morgan fingerprint density at radius 1 is 1.19 bits per heavy atom. The van der Waals surface area contributed by atoms with E-state index in [1.807, 2.05) is 0 Å². The second kappa shape index (κ2) is 5.38. The van der Waals surface area contributed by atoms with Gasteiger partial charge in [-0.1, -0.05) is 18.2 Å². The van der Waals surface area contributed by atoms with E-state index in [4.69, 9.17) is 0 Å². The molecule has 1 aromatic carbocycles. The van der Waals surface area contributed by atoms with Gasteiger partial charge in [-0.15, -0.1) is 0 Å². The highest BCUT2D eigenvalue weighted by atomic mass is 19.4. The van der Waals surface area contributed by atoms with Crippen LogP contribution in [0.25, 0.3) is 0 Å². The van der Waals surface area contributed by atoms with Crippen molar-refractivity contribution >= 4 is 6.03 Å². The molecule has 1 unspecified atom stereocenters. The summed E-state index contributed by atoms with van der Waals surface area (Å²) in [7, 11) is 0. The second-order valence-corrected chi connectivity index (χ2v) is 4.44. The monoisotopic (exact) mass is 310 g/mol. The molecule has 0 aromatic heterocycles. The summed E-state index contributed by atoms with van der Waals surface area (Å²) < 4.78 is 66.6. The number of urea groups is 1. The summed E-state index contributed by atoms with van der Waals surface area (Å²) in [5, 5.41) is 4.96. The van der Waals surface area contributed by atoms with Crippen LogP contribution in [0.15, 0.2) is 24.3 Å². The van der Waals surface area contributed by atoms with Crippen LogP contribution in [-0.4, -0.2) is 31.3 Å². The van der Waals surface area contributed by atoms with Crippen LogP contribution >= 0.6 is 0 Å². The molecular weight excluding hydrogens is 299 g/mol. The molecule has 2 rings (SSSR count). The number of nitrogens with one attached hydrogen (secondary N) is 2. The molecule has 21 heavy (non-hydrogen) atoms. The summed E-state index contributed by atoms with van der Waals surface area (Å²) >= 11 is 0. The number of halogens is 5. The van der Waals surface area contributed by atoms with Gasteiger partial charge in [0.25, 0.3) is 0 Å². The summed E-state index contributed by atoms with van der Waals surface area (Å²) in [5.41, 5.74) is 0.328. The summed E-state index contributed by atoms with van der Waals surface area (Å²) in [5.74, 6) is -5.08. The molecule has 0 aliphatic carbocycles. The molecule has 116 valence electrons. The Morgan fingerprint density at radius 3 is 2.43 bits per heavy atom. The zero-order chi connectivity index (χ0) is 15.7. The minimum Gasteiger partial charge on any atom is -0.487 e. The van der Waals surface area contributed by atoms with Crippen LogP contribution in [0.3, 0.4) is 0 Å². The zero-order valence-electron chi connectivity index (χ0n) is 10.5. The summed E-state index contributed by atoms with van der Waals surface area (Å²) in [6.07, 6.45) is -5.68. The molecule has 1 saturated heterocycles. The molecule has 1 atom stereocenters. The number of rotatable bonds is 4. The van der Waals surface area contributed by atoms with Crippen molar-refractivity contribution in [3.8, 4) is 5.75 Å². The standard InChI is InChI=1S/C12H11F5N2O2/c13-11(14,12(15,16)17)6-21-9-4-2-1-3-7(9)8-5-18-10(20)19-8/h1-4,8H,5-6H2,(H2,18,19,20). The van der Waals surface area contributed by atoms with Crippen LogP contribution in [0.4, 0.5) is 26.7 Å². The van der Waals surface area contributed by atoms with E-state index in [1.54, 1.807) is 6.07 Å². The molecular formula is C12H11F5N2O2.